The van der Waals surface area contributed by atoms with E-state index in [1.54, 1.807) is 29.9 Å². The number of hydrogen-bond acceptors (Lipinski definition) is 6. The van der Waals surface area contributed by atoms with Gasteiger partial charge in [0, 0.05) is 37.0 Å². The topological polar surface area (TPSA) is 113 Å². The Bertz CT molecular complexity index is 1350. The maximum atomic E-state index is 13.8. The van der Waals surface area contributed by atoms with Crippen LogP contribution in [0, 0.1) is 11.6 Å². The minimum absolute atomic E-state index is 0.0305. The summed E-state index contributed by atoms with van der Waals surface area (Å²) in [4.78, 5) is 12.6. The van der Waals surface area contributed by atoms with E-state index in [9.17, 15) is 27.1 Å². The van der Waals surface area contributed by atoms with Crippen LogP contribution in [-0.2, 0) is 23.4 Å². The molecule has 0 saturated heterocycles. The van der Waals surface area contributed by atoms with E-state index >= 15 is 0 Å². The molecule has 0 radical (unpaired) electrons. The van der Waals surface area contributed by atoms with Gasteiger partial charge in [-0.15, -0.1) is 0 Å². The highest BCUT2D eigenvalue weighted by Gasteiger charge is 2.24. The van der Waals surface area contributed by atoms with Crippen molar-refractivity contribution in [2.45, 2.75) is 49.3 Å². The van der Waals surface area contributed by atoms with Gasteiger partial charge in [0.05, 0.1) is 16.5 Å². The van der Waals surface area contributed by atoms with Gasteiger partial charge in [0.15, 0.2) is 27.2 Å². The second-order valence-corrected chi connectivity index (χ2v) is 10.7. The second-order valence-electron chi connectivity index (χ2n) is 8.68. The monoisotopic (exact) mass is 492 g/mol. The van der Waals surface area contributed by atoms with Crippen molar-refractivity contribution < 1.29 is 27.1 Å². The Morgan fingerprint density at radius 1 is 1.15 bits per heavy atom. The third-order valence-electron chi connectivity index (χ3n) is 6.08. The number of fused-ring (bicyclic) bond motifs is 1. The molecule has 3 aromatic rings. The van der Waals surface area contributed by atoms with Crippen LogP contribution in [0.1, 0.15) is 41.7 Å². The number of carbonyl (C=O) groups excluding carboxylic acids is 1. The molecule has 8 nitrogen and oxygen atoms in total. The predicted octanol–water partition coefficient (Wildman–Crippen LogP) is 2.90. The van der Waals surface area contributed by atoms with Crippen LogP contribution in [0.2, 0.25) is 0 Å². The number of rotatable bonds is 6. The molecule has 0 unspecified atom stereocenters. The Hall–Kier alpha value is -3.05. The molecule has 11 heteroatoms. The molecular weight excluding hydrogens is 466 g/mol. The van der Waals surface area contributed by atoms with Crippen LogP contribution in [0.25, 0.3) is 10.9 Å². The molecule has 0 aliphatic heterocycles. The number of benzene rings is 2. The number of aromatic nitrogens is 2. The SMILES string of the molecule is Cn1nc(C(=O)NC2CCC(O)CC2)c2cc(NCc3cc(F)c(F)cc3S(C)(=O)=O)ccc21. The van der Waals surface area contributed by atoms with Crippen molar-refractivity contribution in [2.24, 2.45) is 7.05 Å². The molecule has 1 aliphatic rings. The van der Waals surface area contributed by atoms with Crippen LogP contribution < -0.4 is 10.6 Å². The van der Waals surface area contributed by atoms with Gasteiger partial charge >= 0.3 is 0 Å². The number of nitrogens with one attached hydrogen (secondary N) is 2. The third-order valence-corrected chi connectivity index (χ3v) is 7.26. The zero-order chi connectivity index (χ0) is 24.6. The molecule has 0 spiro atoms. The number of aliphatic hydroxyl groups is 1. The first-order valence-electron chi connectivity index (χ1n) is 10.9. The van der Waals surface area contributed by atoms with Crippen LogP contribution in [0.3, 0.4) is 0 Å². The van der Waals surface area contributed by atoms with Crippen molar-refractivity contribution in [2.75, 3.05) is 11.6 Å². The van der Waals surface area contributed by atoms with E-state index in [2.05, 4.69) is 15.7 Å². The fourth-order valence-corrected chi connectivity index (χ4v) is 5.19. The zero-order valence-electron chi connectivity index (χ0n) is 18.8. The first kappa shape index (κ1) is 24.1. The number of halogens is 2. The molecule has 0 bridgehead atoms. The largest absolute Gasteiger partial charge is 0.393 e. The highest BCUT2D eigenvalue weighted by Crippen LogP contribution is 2.26. The smallest absolute Gasteiger partial charge is 0.272 e. The summed E-state index contributed by atoms with van der Waals surface area (Å²) in [5.41, 5.74) is 1.61. The maximum Gasteiger partial charge on any atom is 0.272 e. The standard InChI is InChI=1S/C23H26F2N4O4S/c1-29-20-8-5-15(26-12-13-9-18(24)19(25)11-21(13)34(2,32)33)10-17(20)22(28-29)23(31)27-14-3-6-16(30)7-4-14/h5,8-11,14,16,26,30H,3-4,6-7,12H2,1-2H3,(H,27,31). The Balaban J connectivity index is 1.57. The van der Waals surface area contributed by atoms with Crippen LogP contribution >= 0.6 is 0 Å². The van der Waals surface area contributed by atoms with E-state index in [0.717, 1.165) is 17.8 Å². The molecule has 1 fully saturated rings. The van der Waals surface area contributed by atoms with E-state index in [1.807, 2.05) is 0 Å². The maximum absolute atomic E-state index is 13.8. The molecule has 1 saturated carbocycles. The molecule has 0 atom stereocenters. The molecular formula is C23H26F2N4O4S. The highest BCUT2D eigenvalue weighted by molar-refractivity contribution is 7.90. The number of hydrogen-bond donors (Lipinski definition) is 3. The lowest BCUT2D eigenvalue weighted by atomic mass is 9.93. The van der Waals surface area contributed by atoms with Crippen molar-refractivity contribution in [3.05, 3.63) is 53.2 Å². The Labute approximate surface area is 195 Å². The van der Waals surface area contributed by atoms with Gasteiger partial charge in [0.2, 0.25) is 0 Å². The average molecular weight is 493 g/mol. The summed E-state index contributed by atoms with van der Waals surface area (Å²) >= 11 is 0. The number of aliphatic hydroxyl groups excluding tert-OH is 1. The van der Waals surface area contributed by atoms with Crippen molar-refractivity contribution in [3.8, 4) is 0 Å². The highest BCUT2D eigenvalue weighted by atomic mass is 32.2. The van der Waals surface area contributed by atoms with Crippen molar-refractivity contribution in [1.29, 1.82) is 0 Å². The third kappa shape index (κ3) is 5.05. The molecule has 182 valence electrons. The molecule has 3 N–H and O–H groups in total. The van der Waals surface area contributed by atoms with Gasteiger partial charge in [-0.25, -0.2) is 17.2 Å². The van der Waals surface area contributed by atoms with Crippen molar-refractivity contribution in [1.82, 2.24) is 15.1 Å². The van der Waals surface area contributed by atoms with Crippen LogP contribution in [0.15, 0.2) is 35.2 Å². The molecule has 2 aromatic carbocycles. The number of nitrogens with zero attached hydrogens (tertiary/aromatic N) is 2. The van der Waals surface area contributed by atoms with Gasteiger partial charge in [-0.05, 0) is 61.6 Å². The van der Waals surface area contributed by atoms with E-state index in [1.165, 1.54) is 0 Å². The van der Waals surface area contributed by atoms with Crippen molar-refractivity contribution in [3.63, 3.8) is 0 Å². The Morgan fingerprint density at radius 2 is 1.82 bits per heavy atom. The lowest BCUT2D eigenvalue weighted by Crippen LogP contribution is -2.38. The minimum Gasteiger partial charge on any atom is -0.393 e. The summed E-state index contributed by atoms with van der Waals surface area (Å²) in [7, 11) is -2.05. The van der Waals surface area contributed by atoms with E-state index in [-0.39, 0.29) is 40.8 Å². The Kier molecular flexibility index (Phi) is 6.59. The average Bonchev–Trinajstić information content (AvgIpc) is 3.11. The molecule has 34 heavy (non-hydrogen) atoms. The second kappa shape index (κ2) is 9.30. The molecule has 1 aromatic heterocycles. The normalized spacial score (nSPS) is 18.7. The molecule has 1 aliphatic carbocycles. The van der Waals surface area contributed by atoms with Gasteiger partial charge in [-0.3, -0.25) is 9.48 Å². The summed E-state index contributed by atoms with van der Waals surface area (Å²) in [5, 5.41) is 20.6. The number of anilines is 1. The van der Waals surface area contributed by atoms with Crippen LogP contribution in [0.5, 0.6) is 0 Å². The number of carbonyl (C=O) groups is 1. The Morgan fingerprint density at radius 3 is 2.50 bits per heavy atom. The quantitative estimate of drug-likeness (QED) is 0.456. The minimum atomic E-state index is -3.77. The van der Waals surface area contributed by atoms with Gasteiger partial charge in [-0.1, -0.05) is 0 Å². The van der Waals surface area contributed by atoms with Crippen molar-refractivity contribution >= 4 is 32.3 Å². The fourth-order valence-electron chi connectivity index (χ4n) is 4.27. The summed E-state index contributed by atoms with van der Waals surface area (Å²) in [5.74, 6) is -2.69. The van der Waals surface area contributed by atoms with Gasteiger partial charge in [-0.2, -0.15) is 5.10 Å². The first-order chi connectivity index (χ1) is 16.0. The van der Waals surface area contributed by atoms with E-state index < -0.39 is 21.5 Å². The number of amides is 1. The number of sulfone groups is 1. The predicted molar refractivity (Wildman–Crippen MR) is 123 cm³/mol. The van der Waals surface area contributed by atoms with Crippen LogP contribution in [-0.4, -0.2) is 47.6 Å². The molecule has 1 heterocycles. The van der Waals surface area contributed by atoms with Gasteiger partial charge in [0.25, 0.3) is 5.91 Å². The lowest BCUT2D eigenvalue weighted by molar-refractivity contribution is 0.0864. The molecule has 1 amide bonds. The number of aryl methyl sites for hydroxylation is 1. The first-order valence-corrected chi connectivity index (χ1v) is 12.8. The van der Waals surface area contributed by atoms with E-state index in [4.69, 9.17) is 0 Å². The van der Waals surface area contributed by atoms with Crippen LogP contribution in [0.4, 0.5) is 14.5 Å². The summed E-state index contributed by atoms with van der Waals surface area (Å²) in [6.07, 6.45) is 3.28. The summed E-state index contributed by atoms with van der Waals surface area (Å²) in [6, 6.07) is 6.72. The molecule has 4 rings (SSSR count). The van der Waals surface area contributed by atoms with Gasteiger partial charge < -0.3 is 15.7 Å². The fraction of sp³-hybridized carbons (Fsp3) is 0.391. The zero-order valence-corrected chi connectivity index (χ0v) is 19.6. The summed E-state index contributed by atoms with van der Waals surface area (Å²) < 4.78 is 53.0. The van der Waals surface area contributed by atoms with E-state index in [0.29, 0.717) is 42.8 Å². The lowest BCUT2D eigenvalue weighted by Gasteiger charge is -2.25. The summed E-state index contributed by atoms with van der Waals surface area (Å²) in [6.45, 7) is -0.0721. The van der Waals surface area contributed by atoms with Gasteiger partial charge in [0.1, 0.15) is 0 Å².